The molecule has 1 amide bonds. The van der Waals surface area contributed by atoms with Crippen LogP contribution in [0.1, 0.15) is 32.3 Å². The summed E-state index contributed by atoms with van der Waals surface area (Å²) in [6, 6.07) is 2.20. The lowest BCUT2D eigenvalue weighted by Crippen LogP contribution is -2.46. The number of nitrogens with one attached hydrogen (secondary N) is 1. The first-order valence-corrected chi connectivity index (χ1v) is 8.32. The second kappa shape index (κ2) is 6.32. The lowest BCUT2D eigenvalue weighted by atomic mass is 10.2. The fourth-order valence-electron chi connectivity index (χ4n) is 3.07. The van der Waals surface area contributed by atoms with Gasteiger partial charge in [0.25, 0.3) is 0 Å². The van der Waals surface area contributed by atoms with Crippen molar-refractivity contribution in [3.8, 4) is 6.07 Å². The van der Waals surface area contributed by atoms with Gasteiger partial charge in [0, 0.05) is 39.3 Å². The van der Waals surface area contributed by atoms with E-state index in [2.05, 4.69) is 25.8 Å². The summed E-state index contributed by atoms with van der Waals surface area (Å²) in [5.74, 6) is 1.63. The van der Waals surface area contributed by atoms with Gasteiger partial charge in [-0.05, 0) is 20.8 Å². The van der Waals surface area contributed by atoms with Crippen molar-refractivity contribution in [2.45, 2.75) is 39.5 Å². The number of carbonyl (C=O) groups excluding carboxylic acids is 1. The van der Waals surface area contributed by atoms with Gasteiger partial charge in [0.15, 0.2) is 5.69 Å². The van der Waals surface area contributed by atoms with Gasteiger partial charge in [0.1, 0.15) is 23.3 Å². The molecule has 0 bridgehead atoms. The third-order valence-corrected chi connectivity index (χ3v) is 4.12. The summed E-state index contributed by atoms with van der Waals surface area (Å²) >= 11 is 0. The first kappa shape index (κ1) is 16.6. The maximum absolute atomic E-state index is 12.3. The van der Waals surface area contributed by atoms with Crippen molar-refractivity contribution in [3.63, 3.8) is 0 Å². The second-order valence-corrected chi connectivity index (χ2v) is 7.10. The van der Waals surface area contributed by atoms with Crippen molar-refractivity contribution in [1.29, 1.82) is 5.26 Å². The zero-order chi connectivity index (χ0) is 17.3. The summed E-state index contributed by atoms with van der Waals surface area (Å²) in [5, 5.41) is 12.8. The van der Waals surface area contributed by atoms with Crippen molar-refractivity contribution < 1.29 is 9.53 Å². The number of carbonyl (C=O) groups is 1. The van der Waals surface area contributed by atoms with Crippen LogP contribution in [0.15, 0.2) is 0 Å². The molecule has 1 saturated heterocycles. The Hall–Kier alpha value is -2.27. The topological polar surface area (TPSA) is 86.4 Å². The third kappa shape index (κ3) is 3.31. The van der Waals surface area contributed by atoms with E-state index >= 15 is 0 Å². The van der Waals surface area contributed by atoms with E-state index in [4.69, 9.17) is 4.74 Å². The van der Waals surface area contributed by atoms with E-state index in [0.29, 0.717) is 25.3 Å². The highest BCUT2D eigenvalue weighted by Crippen LogP contribution is 2.26. The van der Waals surface area contributed by atoms with Crippen LogP contribution in [0, 0.1) is 11.3 Å². The number of fused-ring (bicyclic) bond motifs is 1. The summed E-state index contributed by atoms with van der Waals surface area (Å²) in [6.45, 7) is 10.6. The molecule has 0 atom stereocenters. The highest BCUT2D eigenvalue weighted by molar-refractivity contribution is 5.68. The summed E-state index contributed by atoms with van der Waals surface area (Å²) in [5.41, 5.74) is -0.0776. The average molecular weight is 332 g/mol. The number of rotatable bonds is 1. The largest absolute Gasteiger partial charge is 0.444 e. The predicted molar refractivity (Wildman–Crippen MR) is 88.7 cm³/mol. The molecule has 0 aromatic carbocycles. The molecular weight excluding hydrogens is 308 g/mol. The van der Waals surface area contributed by atoms with Gasteiger partial charge in [-0.2, -0.15) is 5.26 Å². The zero-order valence-corrected chi connectivity index (χ0v) is 14.5. The molecule has 1 fully saturated rings. The number of nitriles is 1. The molecule has 0 radical (unpaired) electrons. The highest BCUT2D eigenvalue weighted by atomic mass is 16.6. The Balaban J connectivity index is 1.82. The summed E-state index contributed by atoms with van der Waals surface area (Å²) in [7, 11) is 0. The Bertz CT molecular complexity index is 663. The van der Waals surface area contributed by atoms with Gasteiger partial charge in [0.05, 0.1) is 6.54 Å². The number of hydrogen-bond donors (Lipinski definition) is 1. The highest BCUT2D eigenvalue weighted by Gasteiger charge is 2.31. The molecule has 0 unspecified atom stereocenters. The maximum Gasteiger partial charge on any atom is 0.410 e. The minimum atomic E-state index is -0.520. The Morgan fingerprint density at radius 3 is 2.58 bits per heavy atom. The number of aromatic nitrogens is 2. The van der Waals surface area contributed by atoms with E-state index in [1.807, 2.05) is 20.8 Å². The van der Waals surface area contributed by atoms with Crippen LogP contribution in [0.25, 0.3) is 0 Å². The normalized spacial score (nSPS) is 18.1. The molecular formula is C16H24N6O2. The van der Waals surface area contributed by atoms with Gasteiger partial charge in [-0.15, -0.1) is 0 Å². The minimum Gasteiger partial charge on any atom is -0.444 e. The summed E-state index contributed by atoms with van der Waals surface area (Å²) in [4.78, 5) is 20.6. The number of anilines is 1. The molecule has 24 heavy (non-hydrogen) atoms. The molecule has 130 valence electrons. The molecule has 0 aliphatic carbocycles. The quantitative estimate of drug-likeness (QED) is 0.823. The van der Waals surface area contributed by atoms with Crippen LogP contribution in [0.5, 0.6) is 0 Å². The van der Waals surface area contributed by atoms with Crippen LogP contribution in [0.4, 0.5) is 10.6 Å². The Labute approximate surface area is 142 Å². The van der Waals surface area contributed by atoms with Crippen LogP contribution in [0.3, 0.4) is 0 Å². The Morgan fingerprint density at radius 1 is 1.25 bits per heavy atom. The molecule has 8 nitrogen and oxygen atoms in total. The van der Waals surface area contributed by atoms with Crippen LogP contribution in [-0.4, -0.2) is 58.9 Å². The SMILES string of the molecule is CC(C)(C)OC(=O)N1CCn2c(nc(C#N)c2N2CCNCC2)C1. The van der Waals surface area contributed by atoms with Gasteiger partial charge in [-0.1, -0.05) is 0 Å². The number of piperazine rings is 1. The van der Waals surface area contributed by atoms with Crippen molar-refractivity contribution in [2.24, 2.45) is 0 Å². The summed E-state index contributed by atoms with van der Waals surface area (Å²) in [6.07, 6.45) is -0.334. The fraction of sp³-hybridized carbons (Fsp3) is 0.688. The molecule has 0 saturated carbocycles. The van der Waals surface area contributed by atoms with Crippen LogP contribution in [-0.2, 0) is 17.8 Å². The van der Waals surface area contributed by atoms with Crippen molar-refractivity contribution in [1.82, 2.24) is 19.8 Å². The molecule has 2 aliphatic rings. The van der Waals surface area contributed by atoms with Gasteiger partial charge in [0.2, 0.25) is 0 Å². The molecule has 1 aromatic rings. The Morgan fingerprint density at radius 2 is 1.96 bits per heavy atom. The molecule has 3 heterocycles. The molecule has 1 N–H and O–H groups in total. The Kier molecular flexibility index (Phi) is 4.37. The van der Waals surface area contributed by atoms with E-state index in [1.165, 1.54) is 0 Å². The number of ether oxygens (including phenoxy) is 1. The van der Waals surface area contributed by atoms with E-state index in [1.54, 1.807) is 4.90 Å². The van der Waals surface area contributed by atoms with Gasteiger partial charge in [-0.25, -0.2) is 9.78 Å². The average Bonchev–Trinajstić information content (AvgIpc) is 2.91. The standard InChI is InChI=1S/C16H24N6O2/c1-16(2,3)24-15(23)21-8-9-22-13(11-21)19-12(10-17)14(22)20-6-4-18-5-7-20/h18H,4-9,11H2,1-3H3. The minimum absolute atomic E-state index is 0.334. The first-order chi connectivity index (χ1) is 11.4. The van der Waals surface area contributed by atoms with Gasteiger partial charge in [-0.3, -0.25) is 4.90 Å². The molecule has 1 aromatic heterocycles. The molecule has 0 spiro atoms. The first-order valence-electron chi connectivity index (χ1n) is 8.32. The smallest absolute Gasteiger partial charge is 0.410 e. The lowest BCUT2D eigenvalue weighted by molar-refractivity contribution is 0.0195. The number of nitrogens with zero attached hydrogens (tertiary/aromatic N) is 5. The van der Waals surface area contributed by atoms with E-state index < -0.39 is 5.60 Å². The van der Waals surface area contributed by atoms with Crippen molar-refractivity contribution >= 4 is 11.9 Å². The second-order valence-electron chi connectivity index (χ2n) is 7.10. The van der Waals surface area contributed by atoms with E-state index in [9.17, 15) is 10.1 Å². The molecule has 8 heteroatoms. The van der Waals surface area contributed by atoms with Crippen LogP contribution >= 0.6 is 0 Å². The molecule has 2 aliphatic heterocycles. The van der Waals surface area contributed by atoms with Gasteiger partial charge < -0.3 is 19.5 Å². The van der Waals surface area contributed by atoms with E-state index in [0.717, 1.165) is 37.8 Å². The number of hydrogen-bond acceptors (Lipinski definition) is 6. The third-order valence-electron chi connectivity index (χ3n) is 4.12. The molecule has 3 rings (SSSR count). The fourth-order valence-corrected chi connectivity index (χ4v) is 3.07. The summed E-state index contributed by atoms with van der Waals surface area (Å²) < 4.78 is 7.51. The van der Waals surface area contributed by atoms with Crippen molar-refractivity contribution in [3.05, 3.63) is 11.5 Å². The number of amides is 1. The van der Waals surface area contributed by atoms with Crippen LogP contribution < -0.4 is 10.2 Å². The van der Waals surface area contributed by atoms with Crippen molar-refractivity contribution in [2.75, 3.05) is 37.6 Å². The monoisotopic (exact) mass is 332 g/mol. The zero-order valence-electron chi connectivity index (χ0n) is 14.5. The van der Waals surface area contributed by atoms with E-state index in [-0.39, 0.29) is 6.09 Å². The van der Waals surface area contributed by atoms with Gasteiger partial charge >= 0.3 is 6.09 Å². The van der Waals surface area contributed by atoms with Crippen LogP contribution in [0.2, 0.25) is 0 Å². The maximum atomic E-state index is 12.3. The predicted octanol–water partition coefficient (Wildman–Crippen LogP) is 0.915. The lowest BCUT2D eigenvalue weighted by Gasteiger charge is -2.34. The number of imidazole rings is 1.